The van der Waals surface area contributed by atoms with Gasteiger partial charge in [0, 0.05) is 16.6 Å². The van der Waals surface area contributed by atoms with Gasteiger partial charge in [-0.1, -0.05) is 31.5 Å². The highest BCUT2D eigenvalue weighted by Crippen LogP contribution is 2.39. The number of benzene rings is 1. The summed E-state index contributed by atoms with van der Waals surface area (Å²) in [7, 11) is 0. The van der Waals surface area contributed by atoms with Gasteiger partial charge in [-0.25, -0.2) is 9.97 Å². The van der Waals surface area contributed by atoms with Gasteiger partial charge in [0.15, 0.2) is 0 Å². The van der Waals surface area contributed by atoms with Crippen LogP contribution in [0.4, 0.5) is 11.5 Å². The average molecular weight is 367 g/mol. The van der Waals surface area contributed by atoms with Gasteiger partial charge in [-0.15, -0.1) is 0 Å². The molecule has 1 aliphatic heterocycles. The third kappa shape index (κ3) is 2.67. The van der Waals surface area contributed by atoms with Crippen LogP contribution in [0.3, 0.4) is 0 Å². The topological polar surface area (TPSA) is 29.0 Å². The van der Waals surface area contributed by atoms with E-state index >= 15 is 0 Å². The van der Waals surface area contributed by atoms with Crippen molar-refractivity contribution >= 4 is 39.0 Å². The Kier molecular flexibility index (Phi) is 3.93. The van der Waals surface area contributed by atoms with Crippen molar-refractivity contribution in [3.63, 3.8) is 0 Å². The van der Waals surface area contributed by atoms with Crippen molar-refractivity contribution in [3.8, 4) is 0 Å². The van der Waals surface area contributed by atoms with Gasteiger partial charge in [0.2, 0.25) is 0 Å². The van der Waals surface area contributed by atoms with Crippen LogP contribution in [-0.4, -0.2) is 16.5 Å². The van der Waals surface area contributed by atoms with Gasteiger partial charge in [-0.3, -0.25) is 0 Å². The lowest BCUT2D eigenvalue weighted by molar-refractivity contribution is 0.864. The minimum atomic E-state index is 0.514. The molecule has 5 heteroatoms. The van der Waals surface area contributed by atoms with Crippen molar-refractivity contribution in [1.29, 1.82) is 0 Å². The maximum absolute atomic E-state index is 6.24. The molecule has 21 heavy (non-hydrogen) atoms. The number of hydrogen-bond donors (Lipinski definition) is 0. The summed E-state index contributed by atoms with van der Waals surface area (Å²) >= 11 is 9.94. The number of nitrogens with zero attached hydrogens (tertiary/aromatic N) is 3. The first-order valence-corrected chi connectivity index (χ1v) is 8.24. The number of hydrogen-bond acceptors (Lipinski definition) is 3. The van der Waals surface area contributed by atoms with E-state index in [9.17, 15) is 0 Å². The largest absolute Gasteiger partial charge is 0.325 e. The molecular weight excluding hydrogens is 350 g/mol. The molecule has 110 valence electrons. The monoisotopic (exact) mass is 365 g/mol. The summed E-state index contributed by atoms with van der Waals surface area (Å²) in [5.41, 5.74) is 3.50. The second-order valence-electron chi connectivity index (χ2n) is 5.63. The van der Waals surface area contributed by atoms with Gasteiger partial charge in [0.25, 0.3) is 0 Å². The summed E-state index contributed by atoms with van der Waals surface area (Å²) in [5, 5.41) is 0.579. The van der Waals surface area contributed by atoms with Crippen LogP contribution >= 0.6 is 27.5 Å². The van der Waals surface area contributed by atoms with Crippen molar-refractivity contribution < 1.29 is 0 Å². The van der Waals surface area contributed by atoms with Gasteiger partial charge >= 0.3 is 0 Å². The average Bonchev–Trinajstić information content (AvgIpc) is 2.82. The van der Waals surface area contributed by atoms with E-state index in [1.165, 1.54) is 5.56 Å². The second kappa shape index (κ2) is 5.58. The summed E-state index contributed by atoms with van der Waals surface area (Å²) in [6.07, 6.45) is 0.882. The predicted octanol–water partition coefficient (Wildman–Crippen LogP) is 5.02. The summed E-state index contributed by atoms with van der Waals surface area (Å²) < 4.78 is 1.09. The van der Waals surface area contributed by atoms with Crippen LogP contribution in [0.5, 0.6) is 0 Å². The molecule has 0 saturated carbocycles. The fourth-order valence-corrected chi connectivity index (χ4v) is 3.56. The maximum Gasteiger partial charge on any atom is 0.141 e. The highest BCUT2D eigenvalue weighted by Gasteiger charge is 2.26. The van der Waals surface area contributed by atoms with Crippen molar-refractivity contribution in [2.75, 3.05) is 11.4 Å². The molecule has 0 fully saturated rings. The minimum Gasteiger partial charge on any atom is -0.325 e. The molecule has 3 nitrogen and oxygen atoms in total. The van der Waals surface area contributed by atoms with E-state index in [-0.39, 0.29) is 0 Å². The molecule has 0 spiro atoms. The highest BCUT2D eigenvalue weighted by molar-refractivity contribution is 9.10. The molecule has 3 rings (SSSR count). The SMILES string of the molecule is Cc1nc(Cl)c2c(n1)N(c1ccc(C(C)C)cc1Br)CC2. The Hall–Kier alpha value is -1.13. The molecule has 1 aliphatic rings. The first-order chi connectivity index (χ1) is 9.97. The molecule has 0 saturated heterocycles. The van der Waals surface area contributed by atoms with E-state index < -0.39 is 0 Å². The van der Waals surface area contributed by atoms with E-state index in [4.69, 9.17) is 11.6 Å². The van der Waals surface area contributed by atoms with Crippen LogP contribution in [0, 0.1) is 6.92 Å². The smallest absolute Gasteiger partial charge is 0.141 e. The van der Waals surface area contributed by atoms with E-state index in [2.05, 4.69) is 62.8 Å². The van der Waals surface area contributed by atoms with Crippen molar-refractivity contribution in [1.82, 2.24) is 9.97 Å². The van der Waals surface area contributed by atoms with Crippen LogP contribution in [0.1, 0.15) is 36.7 Å². The standard InChI is InChI=1S/C16H17BrClN3/c1-9(2)11-4-5-14(13(17)8-11)21-7-6-12-15(18)19-10(3)20-16(12)21/h4-5,8-9H,6-7H2,1-3H3. The molecule has 1 aromatic heterocycles. The van der Waals surface area contributed by atoms with Crippen LogP contribution in [0.15, 0.2) is 22.7 Å². The highest BCUT2D eigenvalue weighted by atomic mass is 79.9. The van der Waals surface area contributed by atoms with Crippen molar-refractivity contribution in [2.24, 2.45) is 0 Å². The molecule has 0 bridgehead atoms. The molecule has 0 amide bonds. The maximum atomic E-state index is 6.24. The fraction of sp³-hybridized carbons (Fsp3) is 0.375. The normalized spacial score (nSPS) is 13.9. The van der Waals surface area contributed by atoms with Gasteiger partial charge in [0.1, 0.15) is 16.8 Å². The van der Waals surface area contributed by atoms with Crippen molar-refractivity contribution in [3.05, 3.63) is 44.8 Å². The van der Waals surface area contributed by atoms with Gasteiger partial charge < -0.3 is 4.90 Å². The third-order valence-corrected chi connectivity index (χ3v) is 4.76. The minimum absolute atomic E-state index is 0.514. The van der Waals surface area contributed by atoms with E-state index in [1.807, 2.05) is 6.92 Å². The zero-order valence-electron chi connectivity index (χ0n) is 12.3. The number of halogens is 2. The number of aryl methyl sites for hydroxylation is 1. The number of rotatable bonds is 2. The fourth-order valence-electron chi connectivity index (χ4n) is 2.65. The molecule has 0 atom stereocenters. The summed E-state index contributed by atoms with van der Waals surface area (Å²) in [5.74, 6) is 2.16. The lowest BCUT2D eigenvalue weighted by Gasteiger charge is -2.21. The molecule has 0 radical (unpaired) electrons. The van der Waals surface area contributed by atoms with Crippen LogP contribution in [0.2, 0.25) is 5.15 Å². The molecule has 0 aliphatic carbocycles. The Morgan fingerprint density at radius 1 is 1.29 bits per heavy atom. The van der Waals surface area contributed by atoms with E-state index in [1.54, 1.807) is 0 Å². The Labute approximate surface area is 138 Å². The summed E-state index contributed by atoms with van der Waals surface area (Å²) in [6.45, 7) is 7.15. The van der Waals surface area contributed by atoms with Crippen LogP contribution in [0.25, 0.3) is 0 Å². The van der Waals surface area contributed by atoms with Gasteiger partial charge in [-0.05, 0) is 52.9 Å². The molecule has 1 aromatic carbocycles. The first-order valence-electron chi connectivity index (χ1n) is 7.07. The quantitative estimate of drug-likeness (QED) is 0.699. The lowest BCUT2D eigenvalue weighted by atomic mass is 10.0. The zero-order chi connectivity index (χ0) is 15.1. The molecule has 2 heterocycles. The van der Waals surface area contributed by atoms with Crippen molar-refractivity contribution in [2.45, 2.75) is 33.1 Å². The van der Waals surface area contributed by atoms with Gasteiger partial charge in [0.05, 0.1) is 5.69 Å². The van der Waals surface area contributed by atoms with Gasteiger partial charge in [-0.2, -0.15) is 0 Å². The Balaban J connectivity index is 2.05. The first kappa shape index (κ1) is 14.8. The molecule has 0 N–H and O–H groups in total. The number of aromatic nitrogens is 2. The Morgan fingerprint density at radius 2 is 2.05 bits per heavy atom. The zero-order valence-corrected chi connectivity index (χ0v) is 14.7. The number of anilines is 2. The Bertz CT molecular complexity index is 700. The molecular formula is C16H17BrClN3. The third-order valence-electron chi connectivity index (χ3n) is 3.82. The predicted molar refractivity (Wildman–Crippen MR) is 90.7 cm³/mol. The molecule has 2 aromatic rings. The molecule has 0 unspecified atom stereocenters. The van der Waals surface area contributed by atoms with Crippen LogP contribution < -0.4 is 4.90 Å². The number of fused-ring (bicyclic) bond motifs is 1. The van der Waals surface area contributed by atoms with E-state index in [0.29, 0.717) is 16.9 Å². The van der Waals surface area contributed by atoms with E-state index in [0.717, 1.165) is 34.5 Å². The lowest BCUT2D eigenvalue weighted by Crippen LogP contribution is -2.15. The second-order valence-corrected chi connectivity index (χ2v) is 6.84. The van der Waals surface area contributed by atoms with Crippen LogP contribution in [-0.2, 0) is 6.42 Å². The summed E-state index contributed by atoms with van der Waals surface area (Å²) in [4.78, 5) is 11.0. The Morgan fingerprint density at radius 3 is 2.71 bits per heavy atom. The summed E-state index contributed by atoms with van der Waals surface area (Å²) in [6, 6.07) is 6.52.